The van der Waals surface area contributed by atoms with E-state index in [1.807, 2.05) is 6.07 Å². The Bertz CT molecular complexity index is 442. The van der Waals surface area contributed by atoms with Crippen molar-refractivity contribution in [2.24, 2.45) is 5.41 Å². The van der Waals surface area contributed by atoms with Gasteiger partial charge in [0.1, 0.15) is 5.75 Å². The molecule has 1 fully saturated rings. The summed E-state index contributed by atoms with van der Waals surface area (Å²) < 4.78 is 28.8. The van der Waals surface area contributed by atoms with Crippen LogP contribution in [0.15, 0.2) is 24.3 Å². The number of benzene rings is 1. The standard InChI is InChI=1S/C15H21F2NO2/c1-15(11-19)6-3-7-18(10-15)9-12-4-2-5-13(8-12)20-14(16)17/h2,4-5,8,14,19H,3,6-7,9-11H2,1H3. The highest BCUT2D eigenvalue weighted by molar-refractivity contribution is 5.28. The van der Waals surface area contributed by atoms with Crippen LogP contribution in [0.3, 0.4) is 0 Å². The lowest BCUT2D eigenvalue weighted by Crippen LogP contribution is -2.43. The molecular weight excluding hydrogens is 264 g/mol. The molecule has 0 spiro atoms. The highest BCUT2D eigenvalue weighted by Gasteiger charge is 2.30. The fraction of sp³-hybridized carbons (Fsp3) is 0.600. The first-order valence-electron chi connectivity index (χ1n) is 6.88. The zero-order chi connectivity index (χ0) is 14.6. The second-order valence-electron chi connectivity index (χ2n) is 5.81. The highest BCUT2D eigenvalue weighted by Crippen LogP contribution is 2.29. The summed E-state index contributed by atoms with van der Waals surface area (Å²) >= 11 is 0. The number of hydrogen-bond acceptors (Lipinski definition) is 3. The van der Waals surface area contributed by atoms with Crippen LogP contribution in [0.1, 0.15) is 25.3 Å². The smallest absolute Gasteiger partial charge is 0.387 e. The maximum Gasteiger partial charge on any atom is 0.387 e. The average molecular weight is 285 g/mol. The van der Waals surface area contributed by atoms with Gasteiger partial charge in [-0.2, -0.15) is 8.78 Å². The first-order chi connectivity index (χ1) is 9.50. The minimum atomic E-state index is -2.79. The first kappa shape index (κ1) is 15.2. The molecular formula is C15H21F2NO2. The number of hydrogen-bond donors (Lipinski definition) is 1. The second-order valence-corrected chi connectivity index (χ2v) is 5.81. The van der Waals surface area contributed by atoms with Gasteiger partial charge in [0.15, 0.2) is 0 Å². The van der Waals surface area contributed by atoms with Gasteiger partial charge < -0.3 is 9.84 Å². The topological polar surface area (TPSA) is 32.7 Å². The van der Waals surface area contributed by atoms with Crippen molar-refractivity contribution in [3.63, 3.8) is 0 Å². The molecule has 1 heterocycles. The molecule has 2 rings (SSSR count). The van der Waals surface area contributed by atoms with Crippen LogP contribution >= 0.6 is 0 Å². The van der Waals surface area contributed by atoms with E-state index in [0.717, 1.165) is 31.5 Å². The van der Waals surface area contributed by atoms with Gasteiger partial charge in [0, 0.05) is 25.1 Å². The van der Waals surface area contributed by atoms with Gasteiger partial charge in [0.25, 0.3) is 0 Å². The summed E-state index contributed by atoms with van der Waals surface area (Å²) in [6.07, 6.45) is 2.07. The SMILES string of the molecule is CC1(CO)CCCN(Cc2cccc(OC(F)F)c2)C1. The third kappa shape index (κ3) is 4.15. The van der Waals surface area contributed by atoms with Crippen molar-refractivity contribution in [1.29, 1.82) is 0 Å². The van der Waals surface area contributed by atoms with Gasteiger partial charge in [-0.3, -0.25) is 4.90 Å². The van der Waals surface area contributed by atoms with Crippen LogP contribution in [-0.2, 0) is 6.54 Å². The van der Waals surface area contributed by atoms with Gasteiger partial charge in [-0.05, 0) is 37.1 Å². The summed E-state index contributed by atoms with van der Waals surface area (Å²) in [7, 11) is 0. The zero-order valence-corrected chi connectivity index (χ0v) is 11.7. The van der Waals surface area contributed by atoms with E-state index < -0.39 is 6.61 Å². The minimum absolute atomic E-state index is 0.0602. The van der Waals surface area contributed by atoms with Crippen LogP contribution in [0.25, 0.3) is 0 Å². The van der Waals surface area contributed by atoms with Crippen molar-refractivity contribution in [3.8, 4) is 5.75 Å². The normalized spacial score (nSPS) is 24.1. The van der Waals surface area contributed by atoms with Crippen molar-refractivity contribution >= 4 is 0 Å². The summed E-state index contributed by atoms with van der Waals surface area (Å²) in [5.41, 5.74) is 0.889. The second kappa shape index (κ2) is 6.50. The fourth-order valence-electron chi connectivity index (χ4n) is 2.77. The highest BCUT2D eigenvalue weighted by atomic mass is 19.3. The molecule has 1 N–H and O–H groups in total. The number of ether oxygens (including phenoxy) is 1. The van der Waals surface area contributed by atoms with Crippen molar-refractivity contribution in [3.05, 3.63) is 29.8 Å². The number of halogens is 2. The van der Waals surface area contributed by atoms with Crippen molar-refractivity contribution in [2.75, 3.05) is 19.7 Å². The van der Waals surface area contributed by atoms with E-state index in [0.29, 0.717) is 6.54 Å². The van der Waals surface area contributed by atoms with Crippen LogP contribution in [0.5, 0.6) is 5.75 Å². The number of aliphatic hydroxyl groups excluding tert-OH is 1. The number of likely N-dealkylation sites (tertiary alicyclic amines) is 1. The molecule has 1 saturated heterocycles. The van der Waals surface area contributed by atoms with E-state index in [1.54, 1.807) is 12.1 Å². The summed E-state index contributed by atoms with van der Waals surface area (Å²) in [6, 6.07) is 6.81. The van der Waals surface area contributed by atoms with E-state index in [2.05, 4.69) is 16.6 Å². The lowest BCUT2D eigenvalue weighted by Gasteiger charge is -2.39. The molecule has 0 radical (unpaired) electrons. The summed E-state index contributed by atoms with van der Waals surface area (Å²) in [5, 5.41) is 9.45. The van der Waals surface area contributed by atoms with Gasteiger partial charge >= 0.3 is 6.61 Å². The van der Waals surface area contributed by atoms with Crippen LogP contribution in [0.2, 0.25) is 0 Å². The molecule has 1 unspecified atom stereocenters. The third-order valence-electron chi connectivity index (χ3n) is 3.77. The molecule has 1 aromatic rings. The predicted octanol–water partition coefficient (Wildman–Crippen LogP) is 2.88. The van der Waals surface area contributed by atoms with E-state index in [9.17, 15) is 13.9 Å². The van der Waals surface area contributed by atoms with Crippen LogP contribution in [0, 0.1) is 5.41 Å². The molecule has 1 aliphatic rings. The lowest BCUT2D eigenvalue weighted by atomic mass is 9.82. The molecule has 1 aliphatic heterocycles. The molecule has 1 atom stereocenters. The number of aliphatic hydroxyl groups is 1. The average Bonchev–Trinajstić information content (AvgIpc) is 2.38. The molecule has 0 saturated carbocycles. The van der Waals surface area contributed by atoms with Gasteiger partial charge in [-0.15, -0.1) is 0 Å². The Balaban J connectivity index is 1.99. The zero-order valence-electron chi connectivity index (χ0n) is 11.7. The molecule has 0 aliphatic carbocycles. The molecule has 0 aromatic heterocycles. The largest absolute Gasteiger partial charge is 0.435 e. The third-order valence-corrected chi connectivity index (χ3v) is 3.77. The molecule has 0 bridgehead atoms. The van der Waals surface area contributed by atoms with Crippen molar-refractivity contribution in [2.45, 2.75) is 32.9 Å². The van der Waals surface area contributed by atoms with E-state index in [4.69, 9.17) is 0 Å². The summed E-state index contributed by atoms with van der Waals surface area (Å²) in [4.78, 5) is 2.25. The van der Waals surface area contributed by atoms with Gasteiger partial charge in [0.05, 0.1) is 0 Å². The number of rotatable bonds is 5. The molecule has 112 valence electrons. The predicted molar refractivity (Wildman–Crippen MR) is 72.8 cm³/mol. The van der Waals surface area contributed by atoms with Crippen LogP contribution in [0.4, 0.5) is 8.78 Å². The summed E-state index contributed by atoms with van der Waals surface area (Å²) in [5.74, 6) is 0.194. The maximum atomic E-state index is 12.2. The maximum absolute atomic E-state index is 12.2. The van der Waals surface area contributed by atoms with Gasteiger partial charge in [-0.25, -0.2) is 0 Å². The minimum Gasteiger partial charge on any atom is -0.435 e. The summed E-state index contributed by atoms with van der Waals surface area (Å²) in [6.45, 7) is 1.95. The Morgan fingerprint density at radius 2 is 2.25 bits per heavy atom. The van der Waals surface area contributed by atoms with Crippen LogP contribution < -0.4 is 4.74 Å². The Morgan fingerprint density at radius 3 is 2.95 bits per heavy atom. The quantitative estimate of drug-likeness (QED) is 0.903. The fourth-order valence-corrected chi connectivity index (χ4v) is 2.77. The Hall–Kier alpha value is -1.20. The van der Waals surface area contributed by atoms with Crippen LogP contribution in [-0.4, -0.2) is 36.3 Å². The monoisotopic (exact) mass is 285 g/mol. The number of piperidine rings is 1. The van der Waals surface area contributed by atoms with E-state index in [1.165, 1.54) is 6.07 Å². The molecule has 1 aromatic carbocycles. The van der Waals surface area contributed by atoms with Gasteiger partial charge in [0.2, 0.25) is 0 Å². The first-order valence-corrected chi connectivity index (χ1v) is 6.88. The molecule has 0 amide bonds. The van der Waals surface area contributed by atoms with Crippen molar-refractivity contribution in [1.82, 2.24) is 4.90 Å². The number of alkyl halides is 2. The molecule has 3 nitrogen and oxygen atoms in total. The Labute approximate surface area is 118 Å². The number of nitrogens with zero attached hydrogens (tertiary/aromatic N) is 1. The van der Waals surface area contributed by atoms with Gasteiger partial charge in [-0.1, -0.05) is 19.1 Å². The van der Waals surface area contributed by atoms with E-state index in [-0.39, 0.29) is 17.8 Å². The Morgan fingerprint density at radius 1 is 1.45 bits per heavy atom. The Kier molecular flexibility index (Phi) is 4.94. The van der Waals surface area contributed by atoms with E-state index >= 15 is 0 Å². The van der Waals surface area contributed by atoms with Crippen molar-refractivity contribution < 1.29 is 18.6 Å². The lowest BCUT2D eigenvalue weighted by molar-refractivity contribution is -0.0499. The molecule has 5 heteroatoms. The molecule has 20 heavy (non-hydrogen) atoms.